The standard InChI is InChI=1S/C21H18F3N3O3/c1-25-18-15(21(22,23)24)12-17(13-8-4-3-5-9-13)27(19(18)28)26-16-11-7-6-10-14(16)20(29)30-2/h3-5,8-9,12,14H,6-7,10-11H2,2H3/b26-16+. The minimum Gasteiger partial charge on any atom is -0.469 e. The number of nitrogens with zero attached hydrogens (tertiary/aromatic N) is 3. The molecular weight excluding hydrogens is 399 g/mol. The molecule has 1 unspecified atom stereocenters. The Balaban J connectivity index is 2.31. The van der Waals surface area contributed by atoms with Crippen LogP contribution in [0.25, 0.3) is 16.1 Å². The molecule has 0 aliphatic heterocycles. The van der Waals surface area contributed by atoms with Gasteiger partial charge < -0.3 is 4.74 Å². The quantitative estimate of drug-likeness (QED) is 0.539. The van der Waals surface area contributed by atoms with E-state index >= 15 is 0 Å². The Kier molecular flexibility index (Phi) is 6.06. The summed E-state index contributed by atoms with van der Waals surface area (Å²) in [6, 6.07) is 8.76. The molecule has 30 heavy (non-hydrogen) atoms. The van der Waals surface area contributed by atoms with Gasteiger partial charge in [0.15, 0.2) is 0 Å². The highest BCUT2D eigenvalue weighted by atomic mass is 19.4. The average Bonchev–Trinajstić information content (AvgIpc) is 2.74. The zero-order valence-corrected chi connectivity index (χ0v) is 16.1. The van der Waals surface area contributed by atoms with Gasteiger partial charge in [-0.15, -0.1) is 0 Å². The Morgan fingerprint density at radius 1 is 1.27 bits per heavy atom. The largest absolute Gasteiger partial charge is 0.469 e. The number of pyridine rings is 1. The summed E-state index contributed by atoms with van der Waals surface area (Å²) in [4.78, 5) is 27.9. The lowest BCUT2D eigenvalue weighted by atomic mass is 9.87. The van der Waals surface area contributed by atoms with E-state index in [1.165, 1.54) is 7.11 Å². The Hall–Kier alpha value is -3.41. The van der Waals surface area contributed by atoms with Gasteiger partial charge in [0, 0.05) is 5.56 Å². The van der Waals surface area contributed by atoms with E-state index in [0.29, 0.717) is 24.1 Å². The molecule has 0 spiro atoms. The summed E-state index contributed by atoms with van der Waals surface area (Å²) in [5.41, 5.74) is -2.99. The molecule has 1 heterocycles. The minimum atomic E-state index is -4.88. The van der Waals surface area contributed by atoms with Gasteiger partial charge in [-0.25, -0.2) is 9.52 Å². The lowest BCUT2D eigenvalue weighted by molar-refractivity contribution is -0.143. The van der Waals surface area contributed by atoms with Crippen LogP contribution in [0.5, 0.6) is 0 Å². The van der Waals surface area contributed by atoms with Crippen molar-refractivity contribution in [2.24, 2.45) is 11.0 Å². The fourth-order valence-corrected chi connectivity index (χ4v) is 3.47. The van der Waals surface area contributed by atoms with Crippen LogP contribution in [0.1, 0.15) is 31.2 Å². The monoisotopic (exact) mass is 417 g/mol. The second kappa shape index (κ2) is 8.53. The topological polar surface area (TPSA) is 65.0 Å². The molecule has 0 amide bonds. The molecule has 6 nitrogen and oxygen atoms in total. The lowest BCUT2D eigenvalue weighted by Crippen LogP contribution is -2.31. The first-order chi connectivity index (χ1) is 14.3. The maximum atomic E-state index is 13.5. The average molecular weight is 417 g/mol. The third-order valence-corrected chi connectivity index (χ3v) is 4.94. The van der Waals surface area contributed by atoms with Crippen LogP contribution in [0.15, 0.2) is 46.3 Å². The molecule has 156 valence electrons. The highest BCUT2D eigenvalue weighted by molar-refractivity contribution is 6.02. The molecule has 1 saturated carbocycles. The van der Waals surface area contributed by atoms with Crippen molar-refractivity contribution in [2.45, 2.75) is 31.9 Å². The van der Waals surface area contributed by atoms with Gasteiger partial charge in [0.05, 0.1) is 36.6 Å². The van der Waals surface area contributed by atoms with Gasteiger partial charge in [-0.3, -0.25) is 9.59 Å². The number of hydrogen-bond donors (Lipinski definition) is 0. The number of methoxy groups -OCH3 is 1. The molecule has 1 atom stereocenters. The van der Waals surface area contributed by atoms with Crippen molar-refractivity contribution >= 4 is 17.4 Å². The first-order valence-electron chi connectivity index (χ1n) is 9.23. The van der Waals surface area contributed by atoms with Gasteiger partial charge >= 0.3 is 12.1 Å². The van der Waals surface area contributed by atoms with Crippen LogP contribution >= 0.6 is 0 Å². The van der Waals surface area contributed by atoms with Crippen molar-refractivity contribution < 1.29 is 22.7 Å². The summed E-state index contributed by atoms with van der Waals surface area (Å²) in [6.45, 7) is 7.12. The summed E-state index contributed by atoms with van der Waals surface area (Å²) >= 11 is 0. The van der Waals surface area contributed by atoms with E-state index < -0.39 is 34.9 Å². The number of ether oxygens (including phenoxy) is 1. The number of carbonyl (C=O) groups is 1. The Bertz CT molecular complexity index is 1080. The number of hydrogen-bond acceptors (Lipinski definition) is 4. The molecule has 3 rings (SSSR count). The number of aromatic nitrogens is 1. The van der Waals surface area contributed by atoms with Gasteiger partial charge in [-0.1, -0.05) is 36.8 Å². The summed E-state index contributed by atoms with van der Waals surface area (Å²) in [5, 5.41) is 4.29. The third kappa shape index (κ3) is 4.13. The smallest absolute Gasteiger partial charge is 0.407 e. The van der Waals surface area contributed by atoms with Crippen molar-refractivity contribution in [2.75, 3.05) is 7.11 Å². The van der Waals surface area contributed by atoms with E-state index in [-0.39, 0.29) is 5.69 Å². The summed E-state index contributed by atoms with van der Waals surface area (Å²) in [7, 11) is 1.24. The number of rotatable bonds is 3. The molecule has 0 N–H and O–H groups in total. The van der Waals surface area contributed by atoms with E-state index in [1.807, 2.05) is 0 Å². The molecule has 2 aromatic rings. The first kappa shape index (κ1) is 21.3. The Morgan fingerprint density at radius 2 is 1.97 bits per heavy atom. The van der Waals surface area contributed by atoms with E-state index in [0.717, 1.165) is 23.6 Å². The number of alkyl halides is 3. The Labute approximate surface area is 170 Å². The zero-order valence-electron chi connectivity index (χ0n) is 16.1. The molecular formula is C21H18F3N3O3. The molecule has 1 aliphatic rings. The zero-order chi connectivity index (χ0) is 21.9. The van der Waals surface area contributed by atoms with Crippen LogP contribution in [0.4, 0.5) is 18.9 Å². The van der Waals surface area contributed by atoms with E-state index in [1.54, 1.807) is 30.3 Å². The molecule has 1 aliphatic carbocycles. The van der Waals surface area contributed by atoms with Crippen molar-refractivity contribution in [1.82, 2.24) is 4.68 Å². The molecule has 1 aromatic heterocycles. The van der Waals surface area contributed by atoms with Crippen LogP contribution in [0.3, 0.4) is 0 Å². The lowest BCUT2D eigenvalue weighted by Gasteiger charge is -2.23. The fourth-order valence-electron chi connectivity index (χ4n) is 3.47. The molecule has 0 saturated heterocycles. The highest BCUT2D eigenvalue weighted by Gasteiger charge is 2.37. The molecule has 0 bridgehead atoms. The summed E-state index contributed by atoms with van der Waals surface area (Å²) in [5.74, 6) is -1.20. The van der Waals surface area contributed by atoms with E-state index in [9.17, 15) is 22.8 Å². The summed E-state index contributed by atoms with van der Waals surface area (Å²) < 4.78 is 46.2. The van der Waals surface area contributed by atoms with E-state index in [4.69, 9.17) is 11.3 Å². The number of benzene rings is 1. The van der Waals surface area contributed by atoms with Crippen LogP contribution < -0.4 is 5.56 Å². The van der Waals surface area contributed by atoms with Crippen molar-refractivity contribution in [3.63, 3.8) is 0 Å². The fraction of sp³-hybridized carbons (Fsp3) is 0.333. The van der Waals surface area contributed by atoms with Gasteiger partial charge in [-0.05, 0) is 25.3 Å². The maximum absolute atomic E-state index is 13.5. The maximum Gasteiger partial charge on any atom is 0.407 e. The molecule has 0 radical (unpaired) electrons. The number of carbonyl (C=O) groups excluding carboxylic acids is 1. The predicted octanol–water partition coefficient (Wildman–Crippen LogP) is 4.65. The second-order valence-corrected chi connectivity index (χ2v) is 6.80. The highest BCUT2D eigenvalue weighted by Crippen LogP contribution is 2.37. The van der Waals surface area contributed by atoms with E-state index in [2.05, 4.69) is 9.95 Å². The Morgan fingerprint density at radius 3 is 2.57 bits per heavy atom. The van der Waals surface area contributed by atoms with Gasteiger partial charge in [0.25, 0.3) is 11.2 Å². The predicted molar refractivity (Wildman–Crippen MR) is 104 cm³/mol. The van der Waals surface area contributed by atoms with Gasteiger partial charge in [0.2, 0.25) is 0 Å². The number of halogens is 3. The number of esters is 1. The molecule has 1 fully saturated rings. The van der Waals surface area contributed by atoms with Crippen LogP contribution in [-0.2, 0) is 15.7 Å². The van der Waals surface area contributed by atoms with Crippen molar-refractivity contribution in [1.29, 1.82) is 0 Å². The second-order valence-electron chi connectivity index (χ2n) is 6.80. The van der Waals surface area contributed by atoms with Crippen LogP contribution in [0, 0.1) is 12.5 Å². The van der Waals surface area contributed by atoms with Crippen molar-refractivity contribution in [3.05, 3.63) is 63.7 Å². The van der Waals surface area contributed by atoms with Gasteiger partial charge in [0.1, 0.15) is 0 Å². The SMILES string of the molecule is [C-]#[N+]c1c(C(F)(F)F)cc(-c2ccccc2)n(/N=C2\CCCCC2C(=O)OC)c1=O. The minimum absolute atomic E-state index is 0.109. The normalized spacial score (nSPS) is 18.1. The third-order valence-electron chi connectivity index (χ3n) is 4.94. The summed E-state index contributed by atoms with van der Waals surface area (Å²) in [6.07, 6.45) is -2.53. The molecule has 1 aromatic carbocycles. The van der Waals surface area contributed by atoms with Gasteiger partial charge in [-0.2, -0.15) is 18.3 Å². The molecule has 9 heteroatoms. The first-order valence-corrected chi connectivity index (χ1v) is 9.23. The van der Waals surface area contributed by atoms with Crippen LogP contribution in [-0.4, -0.2) is 23.5 Å². The van der Waals surface area contributed by atoms with Crippen LogP contribution in [0.2, 0.25) is 0 Å². The van der Waals surface area contributed by atoms with Crippen molar-refractivity contribution in [3.8, 4) is 11.3 Å².